The summed E-state index contributed by atoms with van der Waals surface area (Å²) in [6.07, 6.45) is 1.55. The minimum atomic E-state index is -1.03. The molecule has 4 rings (SSSR count). The fraction of sp³-hybridized carbons (Fsp3) is 0.389. The van der Waals surface area contributed by atoms with Gasteiger partial charge in [-0.2, -0.15) is 5.10 Å². The number of fused-ring (bicyclic) bond motifs is 2. The highest BCUT2D eigenvalue weighted by atomic mass is 16.4. The van der Waals surface area contributed by atoms with Crippen LogP contribution >= 0.6 is 0 Å². The first-order chi connectivity index (χ1) is 12.0. The van der Waals surface area contributed by atoms with Gasteiger partial charge in [0.05, 0.1) is 6.54 Å². The molecule has 0 saturated carbocycles. The zero-order chi connectivity index (χ0) is 17.6. The number of aromatic carboxylic acids is 1. The number of anilines is 1. The van der Waals surface area contributed by atoms with Gasteiger partial charge in [-0.1, -0.05) is 18.2 Å². The predicted octanol–water partition coefficient (Wildman–Crippen LogP) is 1.44. The molecule has 0 bridgehead atoms. The minimum Gasteiger partial charge on any atom is -0.476 e. The van der Waals surface area contributed by atoms with E-state index >= 15 is 0 Å². The summed E-state index contributed by atoms with van der Waals surface area (Å²) in [6.45, 7) is 3.49. The molecular weight excluding hydrogens is 320 g/mol. The quantitative estimate of drug-likeness (QED) is 0.883. The van der Waals surface area contributed by atoms with E-state index < -0.39 is 5.97 Å². The molecule has 1 aromatic heterocycles. The summed E-state index contributed by atoms with van der Waals surface area (Å²) < 4.78 is 0. The molecule has 1 aromatic carbocycles. The Bertz CT molecular complexity index is 845. The average Bonchev–Trinajstić information content (AvgIpc) is 3.14. The molecular formula is C18H20N4O3. The third-order valence-electron chi connectivity index (χ3n) is 5.05. The van der Waals surface area contributed by atoms with Gasteiger partial charge < -0.3 is 10.0 Å². The first-order valence-electron chi connectivity index (χ1n) is 8.46. The maximum absolute atomic E-state index is 12.9. The number of nitrogens with one attached hydrogen (secondary N) is 1. The number of para-hydroxylation sites is 1. The first kappa shape index (κ1) is 15.8. The second-order valence-electron chi connectivity index (χ2n) is 6.74. The van der Waals surface area contributed by atoms with Gasteiger partial charge >= 0.3 is 5.97 Å². The fourth-order valence-corrected chi connectivity index (χ4v) is 3.88. The monoisotopic (exact) mass is 340 g/mol. The number of hydrogen-bond donors (Lipinski definition) is 2. The Morgan fingerprint density at radius 1 is 1.36 bits per heavy atom. The lowest BCUT2D eigenvalue weighted by Crippen LogP contribution is -2.44. The van der Waals surface area contributed by atoms with Gasteiger partial charge in [-0.25, -0.2) is 4.79 Å². The van der Waals surface area contributed by atoms with Crippen molar-refractivity contribution in [3.8, 4) is 0 Å². The highest BCUT2D eigenvalue weighted by Crippen LogP contribution is 2.32. The molecule has 2 N–H and O–H groups in total. The molecule has 0 saturated heterocycles. The Morgan fingerprint density at radius 2 is 2.16 bits per heavy atom. The second kappa shape index (κ2) is 6.00. The SMILES string of the molecule is CC1Cc2ccccc2N1C(=O)CN1CCc2[nH]nc(C(=O)O)c2C1. The smallest absolute Gasteiger partial charge is 0.356 e. The van der Waals surface area contributed by atoms with Gasteiger partial charge in [0.2, 0.25) is 5.91 Å². The number of carbonyl (C=O) groups excluding carboxylic acids is 1. The summed E-state index contributed by atoms with van der Waals surface area (Å²) in [7, 11) is 0. The molecule has 1 atom stereocenters. The lowest BCUT2D eigenvalue weighted by Gasteiger charge is -2.30. The van der Waals surface area contributed by atoms with E-state index in [9.17, 15) is 14.7 Å². The molecule has 0 aliphatic carbocycles. The number of aromatic nitrogens is 2. The summed E-state index contributed by atoms with van der Waals surface area (Å²) in [4.78, 5) is 28.1. The van der Waals surface area contributed by atoms with Gasteiger partial charge in [-0.05, 0) is 25.0 Å². The van der Waals surface area contributed by atoms with Crippen LogP contribution < -0.4 is 4.90 Å². The number of carboxylic acids is 1. The Labute approximate surface area is 145 Å². The summed E-state index contributed by atoms with van der Waals surface area (Å²) >= 11 is 0. The molecule has 25 heavy (non-hydrogen) atoms. The van der Waals surface area contributed by atoms with Crippen molar-refractivity contribution in [2.45, 2.75) is 32.4 Å². The average molecular weight is 340 g/mol. The topological polar surface area (TPSA) is 89.5 Å². The van der Waals surface area contributed by atoms with Crippen LogP contribution in [0.3, 0.4) is 0 Å². The Hall–Kier alpha value is -2.67. The van der Waals surface area contributed by atoms with E-state index in [1.165, 1.54) is 5.56 Å². The number of rotatable bonds is 3. The van der Waals surface area contributed by atoms with Gasteiger partial charge in [0.25, 0.3) is 0 Å². The Kier molecular flexibility index (Phi) is 3.80. The lowest BCUT2D eigenvalue weighted by molar-refractivity contribution is -0.120. The van der Waals surface area contributed by atoms with Crippen molar-refractivity contribution < 1.29 is 14.7 Å². The number of carbonyl (C=O) groups is 2. The fourth-order valence-electron chi connectivity index (χ4n) is 3.88. The molecule has 7 nitrogen and oxygen atoms in total. The lowest BCUT2D eigenvalue weighted by atomic mass is 10.1. The summed E-state index contributed by atoms with van der Waals surface area (Å²) in [5.74, 6) is -0.978. The van der Waals surface area contributed by atoms with E-state index in [0.717, 1.165) is 17.8 Å². The second-order valence-corrected chi connectivity index (χ2v) is 6.74. The van der Waals surface area contributed by atoms with Crippen LogP contribution in [0.25, 0.3) is 0 Å². The molecule has 1 unspecified atom stereocenters. The van der Waals surface area contributed by atoms with Crippen LogP contribution in [0.2, 0.25) is 0 Å². The zero-order valence-corrected chi connectivity index (χ0v) is 14.0. The summed E-state index contributed by atoms with van der Waals surface area (Å²) in [5, 5.41) is 15.9. The largest absolute Gasteiger partial charge is 0.476 e. The molecule has 1 amide bonds. The first-order valence-corrected chi connectivity index (χ1v) is 8.46. The van der Waals surface area contributed by atoms with Crippen molar-refractivity contribution in [1.82, 2.24) is 15.1 Å². The Balaban J connectivity index is 1.51. The van der Waals surface area contributed by atoms with Crippen LogP contribution in [-0.4, -0.2) is 51.2 Å². The normalized spacial score (nSPS) is 19.6. The van der Waals surface area contributed by atoms with Crippen molar-refractivity contribution in [3.63, 3.8) is 0 Å². The van der Waals surface area contributed by atoms with Crippen molar-refractivity contribution in [1.29, 1.82) is 0 Å². The van der Waals surface area contributed by atoms with E-state index in [0.29, 0.717) is 25.1 Å². The van der Waals surface area contributed by atoms with Gasteiger partial charge in [0.1, 0.15) is 0 Å². The number of nitrogens with zero attached hydrogens (tertiary/aromatic N) is 3. The predicted molar refractivity (Wildman–Crippen MR) is 91.6 cm³/mol. The maximum Gasteiger partial charge on any atom is 0.356 e. The Morgan fingerprint density at radius 3 is 2.96 bits per heavy atom. The van der Waals surface area contributed by atoms with Crippen LogP contribution in [0.1, 0.15) is 34.2 Å². The van der Waals surface area contributed by atoms with Gasteiger partial charge in [-0.15, -0.1) is 0 Å². The summed E-state index contributed by atoms with van der Waals surface area (Å²) in [6, 6.07) is 8.15. The molecule has 2 aromatic rings. The summed E-state index contributed by atoms with van der Waals surface area (Å²) in [5.41, 5.74) is 3.81. The van der Waals surface area contributed by atoms with Crippen LogP contribution in [0.4, 0.5) is 5.69 Å². The van der Waals surface area contributed by atoms with Crippen molar-refractivity contribution in [3.05, 3.63) is 46.8 Å². The van der Waals surface area contributed by atoms with Gasteiger partial charge in [0, 0.05) is 42.5 Å². The van der Waals surface area contributed by atoms with Crippen LogP contribution in [0, 0.1) is 0 Å². The third kappa shape index (κ3) is 2.70. The molecule has 7 heteroatoms. The van der Waals surface area contributed by atoms with Crippen LogP contribution in [0.5, 0.6) is 0 Å². The molecule has 2 aliphatic rings. The molecule has 130 valence electrons. The molecule has 2 aliphatic heterocycles. The number of hydrogen-bond acceptors (Lipinski definition) is 4. The molecule has 0 spiro atoms. The number of aromatic amines is 1. The molecule has 3 heterocycles. The highest BCUT2D eigenvalue weighted by Gasteiger charge is 2.32. The van der Waals surface area contributed by atoms with Crippen molar-refractivity contribution in [2.24, 2.45) is 0 Å². The minimum absolute atomic E-state index is 0.0567. The molecule has 0 fully saturated rings. The maximum atomic E-state index is 12.9. The van der Waals surface area contributed by atoms with E-state index in [2.05, 4.69) is 23.2 Å². The van der Waals surface area contributed by atoms with E-state index in [-0.39, 0.29) is 24.2 Å². The van der Waals surface area contributed by atoms with Crippen molar-refractivity contribution >= 4 is 17.6 Å². The number of H-pyrrole nitrogens is 1. The number of amides is 1. The zero-order valence-electron chi connectivity index (χ0n) is 14.0. The van der Waals surface area contributed by atoms with Gasteiger partial charge in [0.15, 0.2) is 5.69 Å². The van der Waals surface area contributed by atoms with Crippen molar-refractivity contribution in [2.75, 3.05) is 18.0 Å². The van der Waals surface area contributed by atoms with Crippen LogP contribution in [-0.2, 0) is 24.2 Å². The highest BCUT2D eigenvalue weighted by molar-refractivity contribution is 5.97. The van der Waals surface area contributed by atoms with Crippen LogP contribution in [0.15, 0.2) is 24.3 Å². The molecule has 0 radical (unpaired) electrons. The third-order valence-corrected chi connectivity index (χ3v) is 5.05. The van der Waals surface area contributed by atoms with Gasteiger partial charge in [-0.3, -0.25) is 14.8 Å². The number of benzene rings is 1. The van der Waals surface area contributed by atoms with E-state index in [4.69, 9.17) is 0 Å². The standard InChI is InChI=1S/C18H20N4O3/c1-11-8-12-4-2-3-5-15(12)22(11)16(23)10-21-7-6-14-13(9-21)17(18(24)25)20-19-14/h2-5,11H,6-10H2,1H3,(H,19,20)(H,24,25). The van der Waals surface area contributed by atoms with E-state index in [1.807, 2.05) is 28.0 Å². The van der Waals surface area contributed by atoms with E-state index in [1.54, 1.807) is 0 Å². The number of carboxylic acid groups (broad SMARTS) is 1.